The summed E-state index contributed by atoms with van der Waals surface area (Å²) in [4.78, 5) is 15.1. The summed E-state index contributed by atoms with van der Waals surface area (Å²) in [6, 6.07) is 1.80. The monoisotopic (exact) mass is 302 g/mol. The molecule has 1 amide bonds. The van der Waals surface area contributed by atoms with Crippen molar-refractivity contribution in [2.75, 3.05) is 13.2 Å². The molecule has 0 aliphatic carbocycles. The molecule has 0 aromatic carbocycles. The number of carbonyl (C=O) groups excluding carboxylic acids is 1. The largest absolute Gasteiger partial charge is 0.395 e. The zero-order valence-corrected chi connectivity index (χ0v) is 12.1. The summed E-state index contributed by atoms with van der Waals surface area (Å²) in [5.41, 5.74) is 0.654. The number of rotatable bonds is 2. The number of fused-ring (bicyclic) bond motifs is 1. The van der Waals surface area contributed by atoms with E-state index in [-0.39, 0.29) is 12.5 Å². The van der Waals surface area contributed by atoms with Gasteiger partial charge in [-0.05, 0) is 6.07 Å². The summed E-state index contributed by atoms with van der Waals surface area (Å²) < 4.78 is 1.96. The Hall–Kier alpha value is -2.17. The van der Waals surface area contributed by atoms with Gasteiger partial charge in [0.2, 0.25) is 0 Å². The molecular weight excluding hydrogens is 288 g/mol. The van der Waals surface area contributed by atoms with E-state index in [1.807, 2.05) is 9.95 Å². The van der Waals surface area contributed by atoms with Crippen molar-refractivity contribution in [3.8, 4) is 11.8 Å². The predicted molar refractivity (Wildman–Crippen MR) is 77.7 cm³/mol. The summed E-state index contributed by atoms with van der Waals surface area (Å²) in [6.45, 7) is 1.92. The number of nitrogens with zero attached hydrogens (tertiary/aromatic N) is 4. The van der Waals surface area contributed by atoms with E-state index < -0.39 is 0 Å². The molecule has 0 bridgehead atoms. The first kappa shape index (κ1) is 13.8. The molecule has 0 unspecified atom stereocenters. The molecule has 0 saturated carbocycles. The molecule has 7 heteroatoms. The molecular formula is C14H14N4O2S. The Balaban J connectivity index is 1.70. The molecule has 21 heavy (non-hydrogen) atoms. The molecule has 6 nitrogen and oxygen atoms in total. The van der Waals surface area contributed by atoms with Crippen LogP contribution in [0.5, 0.6) is 0 Å². The van der Waals surface area contributed by atoms with E-state index in [9.17, 15) is 4.79 Å². The van der Waals surface area contributed by atoms with E-state index in [0.717, 1.165) is 17.2 Å². The quantitative estimate of drug-likeness (QED) is 0.830. The minimum atomic E-state index is -0.00397. The predicted octanol–water partition coefficient (Wildman–Crippen LogP) is 0.730. The molecule has 0 radical (unpaired) electrons. The van der Waals surface area contributed by atoms with Gasteiger partial charge in [-0.3, -0.25) is 4.79 Å². The zero-order valence-electron chi connectivity index (χ0n) is 11.3. The van der Waals surface area contributed by atoms with Crippen molar-refractivity contribution in [1.82, 2.24) is 19.7 Å². The highest BCUT2D eigenvalue weighted by molar-refractivity contribution is 7.10. The normalized spacial score (nSPS) is 13.5. The fraction of sp³-hybridized carbons (Fsp3) is 0.357. The lowest BCUT2D eigenvalue weighted by Gasteiger charge is -2.26. The van der Waals surface area contributed by atoms with Gasteiger partial charge in [-0.15, -0.1) is 21.5 Å². The topological polar surface area (TPSA) is 71.2 Å². The van der Waals surface area contributed by atoms with Gasteiger partial charge in [0.05, 0.1) is 23.6 Å². The molecule has 0 fully saturated rings. The molecule has 108 valence electrons. The third-order valence-electron chi connectivity index (χ3n) is 3.22. The standard InChI is InChI=1S/C14H14N4O2S/c19-6-2-1-3-12-7-11(9-21-12)14(20)17-4-5-18-10-15-16-13(18)8-17/h7,9-10,19H,2,4-6,8H2. The molecule has 3 heterocycles. The van der Waals surface area contributed by atoms with E-state index in [1.165, 1.54) is 11.3 Å². The van der Waals surface area contributed by atoms with E-state index >= 15 is 0 Å². The Labute approximate surface area is 126 Å². The number of aliphatic hydroxyl groups is 1. The minimum Gasteiger partial charge on any atom is -0.395 e. The number of hydrogen-bond acceptors (Lipinski definition) is 5. The molecule has 1 N–H and O–H groups in total. The van der Waals surface area contributed by atoms with Gasteiger partial charge >= 0.3 is 0 Å². The smallest absolute Gasteiger partial charge is 0.255 e. The van der Waals surface area contributed by atoms with Crippen molar-refractivity contribution in [3.05, 3.63) is 34.0 Å². The highest BCUT2D eigenvalue weighted by atomic mass is 32.1. The van der Waals surface area contributed by atoms with Crippen LogP contribution < -0.4 is 0 Å². The van der Waals surface area contributed by atoms with Crippen LogP contribution >= 0.6 is 11.3 Å². The lowest BCUT2D eigenvalue weighted by Crippen LogP contribution is -2.38. The van der Waals surface area contributed by atoms with Crippen LogP contribution in [-0.4, -0.2) is 43.8 Å². The number of amides is 1. The summed E-state index contributed by atoms with van der Waals surface area (Å²) >= 11 is 1.44. The van der Waals surface area contributed by atoms with Crippen LogP contribution in [0.15, 0.2) is 17.8 Å². The van der Waals surface area contributed by atoms with Gasteiger partial charge in [-0.2, -0.15) is 0 Å². The fourth-order valence-corrected chi connectivity index (χ4v) is 2.89. The number of aliphatic hydroxyl groups excluding tert-OH is 1. The van der Waals surface area contributed by atoms with E-state index in [4.69, 9.17) is 5.11 Å². The number of hydrogen-bond donors (Lipinski definition) is 1. The number of thiophene rings is 1. The molecule has 1 aliphatic rings. The van der Waals surface area contributed by atoms with Crippen LogP contribution in [0.4, 0.5) is 0 Å². The molecule has 0 saturated heterocycles. The maximum Gasteiger partial charge on any atom is 0.255 e. The Bertz CT molecular complexity index is 710. The molecule has 1 aliphatic heterocycles. The average molecular weight is 302 g/mol. The van der Waals surface area contributed by atoms with Gasteiger partial charge in [0.15, 0.2) is 5.82 Å². The van der Waals surface area contributed by atoms with Crippen molar-refractivity contribution in [1.29, 1.82) is 0 Å². The van der Waals surface area contributed by atoms with Crippen LogP contribution in [0.25, 0.3) is 0 Å². The van der Waals surface area contributed by atoms with E-state index in [1.54, 1.807) is 17.3 Å². The molecule has 0 spiro atoms. The van der Waals surface area contributed by atoms with E-state index in [2.05, 4.69) is 22.0 Å². The molecule has 0 atom stereocenters. The Morgan fingerprint density at radius 1 is 1.48 bits per heavy atom. The number of carbonyl (C=O) groups is 1. The zero-order chi connectivity index (χ0) is 14.7. The van der Waals surface area contributed by atoms with Gasteiger partial charge in [0.25, 0.3) is 5.91 Å². The van der Waals surface area contributed by atoms with Gasteiger partial charge < -0.3 is 14.6 Å². The third kappa shape index (κ3) is 2.96. The minimum absolute atomic E-state index is 0.00397. The molecule has 2 aromatic rings. The first-order chi connectivity index (χ1) is 10.3. The van der Waals surface area contributed by atoms with Gasteiger partial charge in [-0.1, -0.05) is 11.8 Å². The lowest BCUT2D eigenvalue weighted by atomic mass is 10.2. The van der Waals surface area contributed by atoms with Crippen molar-refractivity contribution in [3.63, 3.8) is 0 Å². The highest BCUT2D eigenvalue weighted by Crippen LogP contribution is 2.18. The van der Waals surface area contributed by atoms with Gasteiger partial charge in [-0.25, -0.2) is 0 Å². The fourth-order valence-electron chi connectivity index (χ4n) is 2.14. The summed E-state index contributed by atoms with van der Waals surface area (Å²) in [5, 5.41) is 18.4. The maximum atomic E-state index is 12.5. The van der Waals surface area contributed by atoms with Crippen molar-refractivity contribution in [2.45, 2.75) is 19.5 Å². The van der Waals surface area contributed by atoms with E-state index in [0.29, 0.717) is 25.1 Å². The summed E-state index contributed by atoms with van der Waals surface area (Å²) in [7, 11) is 0. The SMILES string of the molecule is O=C(c1csc(C#CCCO)c1)N1CCn2cnnc2C1. The second-order valence-electron chi connectivity index (χ2n) is 4.64. The van der Waals surface area contributed by atoms with Crippen molar-refractivity contribution < 1.29 is 9.90 Å². The molecule has 3 rings (SSSR count). The third-order valence-corrected chi connectivity index (χ3v) is 4.07. The highest BCUT2D eigenvalue weighted by Gasteiger charge is 2.23. The van der Waals surface area contributed by atoms with Crippen molar-refractivity contribution in [2.24, 2.45) is 0 Å². The maximum absolute atomic E-state index is 12.5. The van der Waals surface area contributed by atoms with Crippen molar-refractivity contribution >= 4 is 17.2 Å². The lowest BCUT2D eigenvalue weighted by molar-refractivity contribution is 0.0708. The van der Waals surface area contributed by atoms with Crippen LogP contribution in [0.1, 0.15) is 27.5 Å². The second-order valence-corrected chi connectivity index (χ2v) is 5.55. The second kappa shape index (κ2) is 6.08. The first-order valence-corrected chi connectivity index (χ1v) is 7.50. The van der Waals surface area contributed by atoms with Crippen LogP contribution in [0.2, 0.25) is 0 Å². The Kier molecular flexibility index (Phi) is 3.99. The van der Waals surface area contributed by atoms with Gasteiger partial charge in [0, 0.05) is 24.9 Å². The summed E-state index contributed by atoms with van der Waals surface area (Å²) in [5.74, 6) is 6.61. The Morgan fingerprint density at radius 3 is 3.24 bits per heavy atom. The average Bonchev–Trinajstić information content (AvgIpc) is 3.15. The Morgan fingerprint density at radius 2 is 2.38 bits per heavy atom. The van der Waals surface area contributed by atoms with Gasteiger partial charge in [0.1, 0.15) is 6.33 Å². The van der Waals surface area contributed by atoms with Crippen LogP contribution in [0.3, 0.4) is 0 Å². The molecule has 2 aromatic heterocycles. The van der Waals surface area contributed by atoms with Crippen LogP contribution in [-0.2, 0) is 13.1 Å². The number of aromatic nitrogens is 3. The first-order valence-electron chi connectivity index (χ1n) is 6.62. The summed E-state index contributed by atoms with van der Waals surface area (Å²) in [6.07, 6.45) is 2.14. The van der Waals surface area contributed by atoms with Crippen LogP contribution in [0, 0.1) is 11.8 Å².